The summed E-state index contributed by atoms with van der Waals surface area (Å²) in [5.41, 5.74) is 1.66. The number of alkyl halides is 2. The average Bonchev–Trinajstić information content (AvgIpc) is 2.73. The lowest BCUT2D eigenvalue weighted by Crippen LogP contribution is -2.24. The molecular formula is C26H27BrF2O2. The molecule has 3 aromatic carbocycles. The highest BCUT2D eigenvalue weighted by atomic mass is 79.9. The highest BCUT2D eigenvalue weighted by Crippen LogP contribution is 2.41. The molecule has 0 aromatic heterocycles. The SMILES string of the molecule is CCCC(C)(CCc1cccc(Oc2ccccc2)c1)c1ccc(Br)cc1OC(F)F. The second kappa shape index (κ2) is 10.8. The van der Waals surface area contributed by atoms with Gasteiger partial charge in [-0.2, -0.15) is 8.78 Å². The van der Waals surface area contributed by atoms with Crippen molar-refractivity contribution in [2.75, 3.05) is 0 Å². The summed E-state index contributed by atoms with van der Waals surface area (Å²) >= 11 is 3.36. The van der Waals surface area contributed by atoms with Gasteiger partial charge in [0.2, 0.25) is 0 Å². The fourth-order valence-electron chi connectivity index (χ4n) is 3.94. The molecule has 3 aromatic rings. The van der Waals surface area contributed by atoms with Gasteiger partial charge in [0.05, 0.1) is 0 Å². The lowest BCUT2D eigenvalue weighted by atomic mass is 9.74. The van der Waals surface area contributed by atoms with Crippen molar-refractivity contribution in [3.63, 3.8) is 0 Å². The smallest absolute Gasteiger partial charge is 0.387 e. The lowest BCUT2D eigenvalue weighted by molar-refractivity contribution is -0.0511. The zero-order valence-corrected chi connectivity index (χ0v) is 19.4. The highest BCUT2D eigenvalue weighted by molar-refractivity contribution is 9.10. The number of rotatable bonds is 10. The third kappa shape index (κ3) is 6.54. The van der Waals surface area contributed by atoms with Crippen molar-refractivity contribution in [1.82, 2.24) is 0 Å². The van der Waals surface area contributed by atoms with Crippen LogP contribution < -0.4 is 9.47 Å². The first-order valence-electron chi connectivity index (χ1n) is 10.5. The van der Waals surface area contributed by atoms with Crippen molar-refractivity contribution < 1.29 is 18.3 Å². The molecular weight excluding hydrogens is 462 g/mol. The van der Waals surface area contributed by atoms with Gasteiger partial charge in [-0.15, -0.1) is 0 Å². The molecule has 0 saturated carbocycles. The van der Waals surface area contributed by atoms with E-state index >= 15 is 0 Å². The monoisotopic (exact) mass is 488 g/mol. The number of ether oxygens (including phenoxy) is 2. The van der Waals surface area contributed by atoms with Crippen molar-refractivity contribution in [3.8, 4) is 17.2 Å². The molecule has 31 heavy (non-hydrogen) atoms. The molecule has 1 unspecified atom stereocenters. The number of hydrogen-bond donors (Lipinski definition) is 0. The molecule has 0 N–H and O–H groups in total. The summed E-state index contributed by atoms with van der Waals surface area (Å²) in [6.45, 7) is 1.38. The van der Waals surface area contributed by atoms with Crippen molar-refractivity contribution in [3.05, 3.63) is 88.4 Å². The van der Waals surface area contributed by atoms with Crippen LogP contribution in [0, 0.1) is 0 Å². The minimum atomic E-state index is -2.86. The van der Waals surface area contributed by atoms with Gasteiger partial charge in [0.15, 0.2) is 0 Å². The topological polar surface area (TPSA) is 18.5 Å². The van der Waals surface area contributed by atoms with Gasteiger partial charge in [-0.1, -0.05) is 72.6 Å². The Kier molecular flexibility index (Phi) is 8.08. The van der Waals surface area contributed by atoms with E-state index in [9.17, 15) is 8.78 Å². The summed E-state index contributed by atoms with van der Waals surface area (Å²) in [6, 6.07) is 23.1. The van der Waals surface area contributed by atoms with Gasteiger partial charge in [-0.25, -0.2) is 0 Å². The van der Waals surface area contributed by atoms with Crippen molar-refractivity contribution in [2.45, 2.75) is 51.6 Å². The van der Waals surface area contributed by atoms with E-state index < -0.39 is 6.61 Å². The highest BCUT2D eigenvalue weighted by Gasteiger charge is 2.30. The standard InChI is InChI=1S/C26H27BrF2O2/c1-3-15-26(2,23-13-12-20(27)18-24(23)31-25(28)29)16-14-19-8-7-11-22(17-19)30-21-9-5-4-6-10-21/h4-13,17-18,25H,3,14-16H2,1-2H3. The first kappa shape index (κ1) is 23.3. The molecule has 0 radical (unpaired) electrons. The minimum Gasteiger partial charge on any atom is -0.457 e. The molecule has 0 aliphatic carbocycles. The van der Waals surface area contributed by atoms with Gasteiger partial charge >= 0.3 is 6.61 Å². The Balaban J connectivity index is 1.80. The van der Waals surface area contributed by atoms with Crippen LogP contribution in [0.4, 0.5) is 8.78 Å². The van der Waals surface area contributed by atoms with Crippen molar-refractivity contribution in [2.24, 2.45) is 0 Å². The normalized spacial score (nSPS) is 13.1. The van der Waals surface area contributed by atoms with Gasteiger partial charge in [0.1, 0.15) is 17.2 Å². The maximum Gasteiger partial charge on any atom is 0.387 e. The fourth-order valence-corrected chi connectivity index (χ4v) is 4.28. The lowest BCUT2D eigenvalue weighted by Gasteiger charge is -2.32. The molecule has 0 spiro atoms. The Morgan fingerprint density at radius 1 is 0.903 bits per heavy atom. The second-order valence-electron chi connectivity index (χ2n) is 7.89. The van der Waals surface area contributed by atoms with Crippen LogP contribution in [0.2, 0.25) is 0 Å². The second-order valence-corrected chi connectivity index (χ2v) is 8.81. The van der Waals surface area contributed by atoms with Crippen LogP contribution in [0.3, 0.4) is 0 Å². The van der Waals surface area contributed by atoms with Crippen molar-refractivity contribution in [1.29, 1.82) is 0 Å². The van der Waals surface area contributed by atoms with Crippen LogP contribution in [-0.4, -0.2) is 6.61 Å². The summed E-state index contributed by atoms with van der Waals surface area (Å²) < 4.78 is 37.6. The Hall–Kier alpha value is -2.40. The van der Waals surface area contributed by atoms with Crippen LogP contribution in [0.15, 0.2) is 77.3 Å². The Morgan fingerprint density at radius 3 is 2.35 bits per heavy atom. The zero-order valence-electron chi connectivity index (χ0n) is 17.8. The van der Waals surface area contributed by atoms with Crippen LogP contribution in [-0.2, 0) is 11.8 Å². The van der Waals surface area contributed by atoms with Gasteiger partial charge in [0.25, 0.3) is 0 Å². The zero-order chi connectivity index (χ0) is 22.3. The van der Waals surface area contributed by atoms with Crippen LogP contribution >= 0.6 is 15.9 Å². The Labute approximate surface area is 191 Å². The van der Waals surface area contributed by atoms with E-state index in [-0.39, 0.29) is 11.2 Å². The number of benzene rings is 3. The van der Waals surface area contributed by atoms with Crippen LogP contribution in [0.5, 0.6) is 17.2 Å². The Morgan fingerprint density at radius 2 is 1.65 bits per heavy atom. The molecule has 0 heterocycles. The van der Waals surface area contributed by atoms with E-state index in [1.165, 1.54) is 0 Å². The van der Waals surface area contributed by atoms with E-state index in [1.807, 2.05) is 60.7 Å². The van der Waals surface area contributed by atoms with Crippen LogP contribution in [0.25, 0.3) is 0 Å². The van der Waals surface area contributed by atoms with Gasteiger partial charge in [-0.3, -0.25) is 0 Å². The van der Waals surface area contributed by atoms with Gasteiger partial charge < -0.3 is 9.47 Å². The van der Waals surface area contributed by atoms with Crippen molar-refractivity contribution >= 4 is 15.9 Å². The molecule has 0 amide bonds. The summed E-state index contributed by atoms with van der Waals surface area (Å²) in [6.07, 6.45) is 3.41. The summed E-state index contributed by atoms with van der Waals surface area (Å²) in [7, 11) is 0. The summed E-state index contributed by atoms with van der Waals surface area (Å²) in [4.78, 5) is 0. The van der Waals surface area contributed by atoms with E-state index in [0.717, 1.165) is 52.8 Å². The van der Waals surface area contributed by atoms with Gasteiger partial charge in [0, 0.05) is 10.0 Å². The van der Waals surface area contributed by atoms with E-state index in [2.05, 4.69) is 35.8 Å². The fraction of sp³-hybridized carbons (Fsp3) is 0.308. The first-order valence-corrected chi connectivity index (χ1v) is 11.3. The first-order chi connectivity index (χ1) is 14.9. The average molecular weight is 489 g/mol. The Bertz CT molecular complexity index is 978. The molecule has 1 atom stereocenters. The maximum atomic E-state index is 13.0. The van der Waals surface area contributed by atoms with Gasteiger partial charge in [-0.05, 0) is 66.6 Å². The number of para-hydroxylation sites is 1. The largest absolute Gasteiger partial charge is 0.457 e. The molecule has 164 valence electrons. The quantitative estimate of drug-likeness (QED) is 0.284. The molecule has 0 aliphatic rings. The van der Waals surface area contributed by atoms with E-state index in [4.69, 9.17) is 9.47 Å². The minimum absolute atomic E-state index is 0.237. The van der Waals surface area contributed by atoms with E-state index in [1.54, 1.807) is 6.07 Å². The summed E-state index contributed by atoms with van der Waals surface area (Å²) in [5.74, 6) is 1.81. The number of halogens is 3. The van der Waals surface area contributed by atoms with Crippen LogP contribution in [0.1, 0.15) is 44.2 Å². The number of aryl methyl sites for hydroxylation is 1. The third-order valence-corrected chi connectivity index (χ3v) is 5.95. The van der Waals surface area contributed by atoms with E-state index in [0.29, 0.717) is 0 Å². The molecule has 0 saturated heterocycles. The maximum absolute atomic E-state index is 13.0. The third-order valence-electron chi connectivity index (χ3n) is 5.45. The predicted molar refractivity (Wildman–Crippen MR) is 124 cm³/mol. The molecule has 0 aliphatic heterocycles. The predicted octanol–water partition coefficient (Wildman–Crippen LogP) is 8.53. The number of hydrogen-bond acceptors (Lipinski definition) is 2. The molecule has 2 nitrogen and oxygen atoms in total. The molecule has 0 bridgehead atoms. The molecule has 5 heteroatoms. The molecule has 3 rings (SSSR count). The molecule has 0 fully saturated rings. The summed E-state index contributed by atoms with van der Waals surface area (Å²) in [5, 5.41) is 0.